The molecule has 1 heterocycles. The summed E-state index contributed by atoms with van der Waals surface area (Å²) in [6, 6.07) is 8.68. The number of aromatic nitrogens is 2. The van der Waals surface area contributed by atoms with Gasteiger partial charge >= 0.3 is 0 Å². The maximum Gasteiger partial charge on any atom is 0.225 e. The molecule has 5 nitrogen and oxygen atoms in total. The summed E-state index contributed by atoms with van der Waals surface area (Å²) in [4.78, 5) is 25.5. The fourth-order valence-corrected chi connectivity index (χ4v) is 6.77. The Kier molecular flexibility index (Phi) is 5.11. The van der Waals surface area contributed by atoms with Gasteiger partial charge in [0.15, 0.2) is 5.82 Å². The van der Waals surface area contributed by atoms with Crippen LogP contribution in [0.25, 0.3) is 0 Å². The molecular formula is C25H28FN3O2. The Bertz CT molecular complexity index is 1010. The first-order valence-corrected chi connectivity index (χ1v) is 11.3. The SMILES string of the molecule is C[C@]12CCC3c4ccc(F)cc4CCC3C1C(CCC(=O)Nc1cccnn1)CC2=O. The van der Waals surface area contributed by atoms with Gasteiger partial charge in [-0.3, -0.25) is 9.59 Å². The van der Waals surface area contributed by atoms with Crippen LogP contribution in [0.4, 0.5) is 10.2 Å². The summed E-state index contributed by atoms with van der Waals surface area (Å²) in [6.45, 7) is 2.15. The molecule has 3 aliphatic rings. The van der Waals surface area contributed by atoms with Crippen molar-refractivity contribution >= 4 is 17.5 Å². The number of ketones is 1. The molecule has 1 aromatic carbocycles. The van der Waals surface area contributed by atoms with E-state index in [2.05, 4.69) is 22.4 Å². The number of aryl methyl sites for hydroxylation is 1. The lowest BCUT2D eigenvalue weighted by atomic mass is 9.54. The Labute approximate surface area is 181 Å². The summed E-state index contributed by atoms with van der Waals surface area (Å²) in [5.74, 6) is 1.90. The van der Waals surface area contributed by atoms with Crippen LogP contribution in [0.3, 0.4) is 0 Å². The fraction of sp³-hybridized carbons (Fsp3) is 0.520. The molecule has 0 aliphatic heterocycles. The predicted octanol–water partition coefficient (Wildman–Crippen LogP) is 4.69. The van der Waals surface area contributed by atoms with Crippen molar-refractivity contribution in [3.8, 4) is 0 Å². The molecule has 2 aromatic rings. The molecule has 0 radical (unpaired) electrons. The number of amides is 1. The highest BCUT2D eigenvalue weighted by Gasteiger charge is 2.58. The molecule has 1 aromatic heterocycles. The van der Waals surface area contributed by atoms with E-state index in [4.69, 9.17) is 0 Å². The number of anilines is 1. The largest absolute Gasteiger partial charge is 0.309 e. The third kappa shape index (κ3) is 3.56. The van der Waals surface area contributed by atoms with Crippen LogP contribution in [0.5, 0.6) is 0 Å². The number of hydrogen-bond donors (Lipinski definition) is 1. The molecule has 4 unspecified atom stereocenters. The average molecular weight is 422 g/mol. The quantitative estimate of drug-likeness (QED) is 0.778. The molecule has 0 spiro atoms. The molecule has 2 fully saturated rings. The molecule has 0 saturated heterocycles. The zero-order valence-electron chi connectivity index (χ0n) is 17.8. The second-order valence-electron chi connectivity index (χ2n) is 9.72. The van der Waals surface area contributed by atoms with Gasteiger partial charge in [0, 0.05) is 24.5 Å². The van der Waals surface area contributed by atoms with E-state index >= 15 is 0 Å². The Morgan fingerprint density at radius 2 is 2.16 bits per heavy atom. The summed E-state index contributed by atoms with van der Waals surface area (Å²) in [5, 5.41) is 10.5. The van der Waals surface area contributed by atoms with Crippen molar-refractivity contribution < 1.29 is 14.0 Å². The monoisotopic (exact) mass is 421 g/mol. The van der Waals surface area contributed by atoms with Crippen LogP contribution in [-0.4, -0.2) is 21.9 Å². The lowest BCUT2D eigenvalue weighted by molar-refractivity contribution is -0.129. The summed E-state index contributed by atoms with van der Waals surface area (Å²) >= 11 is 0. The summed E-state index contributed by atoms with van der Waals surface area (Å²) < 4.78 is 13.7. The number of nitrogens with zero attached hydrogens (tertiary/aromatic N) is 2. The molecule has 0 bridgehead atoms. The van der Waals surface area contributed by atoms with E-state index < -0.39 is 0 Å². The van der Waals surface area contributed by atoms with Gasteiger partial charge in [-0.1, -0.05) is 13.0 Å². The van der Waals surface area contributed by atoms with Gasteiger partial charge < -0.3 is 5.32 Å². The first kappa shape index (κ1) is 20.3. The van der Waals surface area contributed by atoms with Crippen LogP contribution in [0.15, 0.2) is 36.5 Å². The molecule has 162 valence electrons. The topological polar surface area (TPSA) is 72.0 Å². The molecular weight excluding hydrogens is 393 g/mol. The first-order valence-electron chi connectivity index (χ1n) is 11.3. The molecule has 1 amide bonds. The van der Waals surface area contributed by atoms with Crippen molar-refractivity contribution in [2.45, 2.75) is 57.8 Å². The molecule has 5 rings (SSSR count). The highest BCUT2D eigenvalue weighted by molar-refractivity contribution is 5.90. The van der Waals surface area contributed by atoms with Crippen molar-refractivity contribution in [1.29, 1.82) is 0 Å². The third-order valence-electron chi connectivity index (χ3n) is 8.11. The van der Waals surface area contributed by atoms with Gasteiger partial charge in [-0.05, 0) is 91.2 Å². The number of benzene rings is 1. The number of hydrogen-bond acceptors (Lipinski definition) is 4. The molecule has 31 heavy (non-hydrogen) atoms. The normalized spacial score (nSPS) is 31.5. The second-order valence-corrected chi connectivity index (χ2v) is 9.72. The van der Waals surface area contributed by atoms with Crippen molar-refractivity contribution in [1.82, 2.24) is 10.2 Å². The maximum absolute atomic E-state index is 13.7. The number of rotatable bonds is 4. The molecule has 5 atom stereocenters. The highest BCUT2D eigenvalue weighted by atomic mass is 19.1. The van der Waals surface area contributed by atoms with Gasteiger partial charge in [-0.2, -0.15) is 5.10 Å². The van der Waals surface area contributed by atoms with E-state index in [1.54, 1.807) is 30.5 Å². The summed E-state index contributed by atoms with van der Waals surface area (Å²) in [5.41, 5.74) is 2.12. The highest BCUT2D eigenvalue weighted by Crippen LogP contribution is 2.62. The van der Waals surface area contributed by atoms with Crippen LogP contribution in [-0.2, 0) is 16.0 Å². The van der Waals surface area contributed by atoms with Crippen LogP contribution >= 0.6 is 0 Å². The molecule has 3 aliphatic carbocycles. The number of Topliss-reactive ketones (excluding diaryl/α,β-unsaturated/α-hetero) is 1. The number of fused-ring (bicyclic) bond motifs is 5. The Hall–Kier alpha value is -2.63. The lowest BCUT2D eigenvalue weighted by Crippen LogP contribution is -2.44. The van der Waals surface area contributed by atoms with Crippen molar-refractivity contribution in [2.75, 3.05) is 5.32 Å². The number of nitrogens with one attached hydrogen (secondary N) is 1. The van der Waals surface area contributed by atoms with Gasteiger partial charge in [0.2, 0.25) is 5.91 Å². The minimum Gasteiger partial charge on any atom is -0.309 e. The zero-order chi connectivity index (χ0) is 21.6. The van der Waals surface area contributed by atoms with Gasteiger partial charge in [0.05, 0.1) is 0 Å². The Balaban J connectivity index is 1.33. The molecule has 1 N–H and O–H groups in total. The van der Waals surface area contributed by atoms with E-state index in [1.165, 1.54) is 5.56 Å². The van der Waals surface area contributed by atoms with E-state index in [0.717, 1.165) is 31.2 Å². The standard InChI is InChI=1S/C25H28FN3O2/c1-25-11-10-19-18-8-6-17(26)13-15(18)4-7-20(19)24(25)16(14-21(25)30)5-9-23(31)28-22-3-2-12-27-29-22/h2-3,6,8,12-13,16,19-20,24H,4-5,7,9-11,14H2,1H3,(H,28,29,31)/t16?,19?,20?,24?,25-/m1/s1. The van der Waals surface area contributed by atoms with Gasteiger partial charge in [0.1, 0.15) is 11.6 Å². The van der Waals surface area contributed by atoms with E-state index in [9.17, 15) is 14.0 Å². The Morgan fingerprint density at radius 3 is 2.97 bits per heavy atom. The van der Waals surface area contributed by atoms with Crippen LogP contribution in [0, 0.1) is 29.0 Å². The Morgan fingerprint density at radius 1 is 1.29 bits per heavy atom. The van der Waals surface area contributed by atoms with Crippen LogP contribution < -0.4 is 5.32 Å². The van der Waals surface area contributed by atoms with Crippen LogP contribution in [0.2, 0.25) is 0 Å². The second kappa shape index (κ2) is 7.81. The molecule has 2 saturated carbocycles. The van der Waals surface area contributed by atoms with E-state index in [-0.39, 0.29) is 23.1 Å². The number of carbonyl (C=O) groups excluding carboxylic acids is 2. The van der Waals surface area contributed by atoms with Gasteiger partial charge in [-0.25, -0.2) is 4.39 Å². The maximum atomic E-state index is 13.7. The number of halogens is 1. The minimum atomic E-state index is -0.287. The summed E-state index contributed by atoms with van der Waals surface area (Å²) in [7, 11) is 0. The fourth-order valence-electron chi connectivity index (χ4n) is 6.77. The van der Waals surface area contributed by atoms with E-state index in [1.807, 2.05) is 6.07 Å². The first-order chi connectivity index (χ1) is 15.0. The third-order valence-corrected chi connectivity index (χ3v) is 8.11. The van der Waals surface area contributed by atoms with Crippen LogP contribution in [0.1, 0.15) is 62.5 Å². The average Bonchev–Trinajstić information content (AvgIpc) is 3.02. The smallest absolute Gasteiger partial charge is 0.225 e. The lowest BCUT2D eigenvalue weighted by Gasteiger charge is -2.50. The van der Waals surface area contributed by atoms with Crippen molar-refractivity contribution in [3.05, 3.63) is 53.5 Å². The van der Waals surface area contributed by atoms with Gasteiger partial charge in [-0.15, -0.1) is 5.10 Å². The minimum absolute atomic E-state index is 0.0848. The van der Waals surface area contributed by atoms with Crippen molar-refractivity contribution in [3.63, 3.8) is 0 Å². The zero-order valence-corrected chi connectivity index (χ0v) is 17.8. The summed E-state index contributed by atoms with van der Waals surface area (Å²) in [6.07, 6.45) is 6.96. The van der Waals surface area contributed by atoms with Gasteiger partial charge in [0.25, 0.3) is 0 Å². The number of carbonyl (C=O) groups is 2. The van der Waals surface area contributed by atoms with E-state index in [0.29, 0.717) is 48.6 Å². The predicted molar refractivity (Wildman–Crippen MR) is 115 cm³/mol. The molecule has 6 heteroatoms. The van der Waals surface area contributed by atoms with Crippen molar-refractivity contribution in [2.24, 2.45) is 23.2 Å².